The zero-order valence-electron chi connectivity index (χ0n) is 10.9. The van der Waals surface area contributed by atoms with Gasteiger partial charge in [0.05, 0.1) is 6.07 Å². The van der Waals surface area contributed by atoms with E-state index < -0.39 is 5.54 Å². The van der Waals surface area contributed by atoms with Gasteiger partial charge in [-0.2, -0.15) is 5.26 Å². The molecular weight excluding hydrogens is 212 g/mol. The summed E-state index contributed by atoms with van der Waals surface area (Å²) in [5, 5.41) is 8.80. The standard InChI is InChI=1S/C14H20N2O/c1-13(2,3)11-6-5-7-12(8-11)17-10-14(4,16)9-15/h5-8H,10,16H2,1-4H3. The van der Waals surface area contributed by atoms with Gasteiger partial charge in [-0.15, -0.1) is 0 Å². The van der Waals surface area contributed by atoms with Gasteiger partial charge in [0.1, 0.15) is 17.9 Å². The van der Waals surface area contributed by atoms with Crippen LogP contribution in [-0.2, 0) is 5.41 Å². The summed E-state index contributed by atoms with van der Waals surface area (Å²) in [4.78, 5) is 0. The van der Waals surface area contributed by atoms with Gasteiger partial charge in [-0.05, 0) is 30.0 Å². The van der Waals surface area contributed by atoms with E-state index in [-0.39, 0.29) is 12.0 Å². The van der Waals surface area contributed by atoms with E-state index >= 15 is 0 Å². The van der Waals surface area contributed by atoms with E-state index in [1.165, 1.54) is 5.56 Å². The van der Waals surface area contributed by atoms with Crippen molar-refractivity contribution >= 4 is 0 Å². The van der Waals surface area contributed by atoms with E-state index in [1.54, 1.807) is 6.92 Å². The summed E-state index contributed by atoms with van der Waals surface area (Å²) in [5.74, 6) is 0.754. The Labute approximate surface area is 103 Å². The normalized spacial score (nSPS) is 14.8. The maximum absolute atomic E-state index is 8.80. The Hall–Kier alpha value is -1.53. The first-order chi connectivity index (χ1) is 7.74. The number of benzene rings is 1. The summed E-state index contributed by atoms with van der Waals surface area (Å²) in [6.45, 7) is 8.29. The molecule has 0 bridgehead atoms. The van der Waals surface area contributed by atoms with E-state index in [1.807, 2.05) is 24.3 Å². The van der Waals surface area contributed by atoms with Crippen LogP contribution in [0.3, 0.4) is 0 Å². The van der Waals surface area contributed by atoms with Crippen LogP contribution in [0, 0.1) is 11.3 Å². The SMILES string of the molecule is CC(N)(C#N)COc1cccc(C(C)(C)C)c1. The Morgan fingerprint density at radius 2 is 1.94 bits per heavy atom. The van der Waals surface area contributed by atoms with Crippen LogP contribution < -0.4 is 10.5 Å². The Balaban J connectivity index is 2.78. The zero-order valence-corrected chi connectivity index (χ0v) is 10.9. The largest absolute Gasteiger partial charge is 0.491 e. The summed E-state index contributed by atoms with van der Waals surface area (Å²) in [6.07, 6.45) is 0. The molecule has 3 nitrogen and oxygen atoms in total. The molecular formula is C14H20N2O. The summed E-state index contributed by atoms with van der Waals surface area (Å²) in [7, 11) is 0. The Morgan fingerprint density at radius 1 is 1.29 bits per heavy atom. The lowest BCUT2D eigenvalue weighted by atomic mass is 9.87. The summed E-state index contributed by atoms with van der Waals surface area (Å²) in [6, 6.07) is 9.90. The second-order valence-corrected chi connectivity index (χ2v) is 5.60. The molecule has 0 radical (unpaired) electrons. The highest BCUT2D eigenvalue weighted by Gasteiger charge is 2.19. The van der Waals surface area contributed by atoms with Crippen molar-refractivity contribution in [2.24, 2.45) is 5.73 Å². The molecule has 0 aromatic heterocycles. The average molecular weight is 232 g/mol. The van der Waals surface area contributed by atoms with Crippen LogP contribution in [0.1, 0.15) is 33.3 Å². The van der Waals surface area contributed by atoms with Gasteiger partial charge in [0.15, 0.2) is 0 Å². The smallest absolute Gasteiger partial charge is 0.135 e. The summed E-state index contributed by atoms with van der Waals surface area (Å²) >= 11 is 0. The second kappa shape index (κ2) is 4.77. The lowest BCUT2D eigenvalue weighted by Gasteiger charge is -2.21. The fraction of sp³-hybridized carbons (Fsp3) is 0.500. The highest BCUT2D eigenvalue weighted by molar-refractivity contribution is 5.32. The third-order valence-corrected chi connectivity index (χ3v) is 2.49. The van der Waals surface area contributed by atoms with E-state index in [2.05, 4.69) is 26.8 Å². The van der Waals surface area contributed by atoms with Crippen molar-refractivity contribution in [1.29, 1.82) is 5.26 Å². The molecule has 0 aliphatic carbocycles. The maximum atomic E-state index is 8.80. The molecule has 92 valence electrons. The quantitative estimate of drug-likeness (QED) is 0.871. The predicted octanol–water partition coefficient (Wildman–Crippen LogP) is 2.60. The number of hydrogen-bond acceptors (Lipinski definition) is 3. The van der Waals surface area contributed by atoms with Crippen LogP contribution in [0.25, 0.3) is 0 Å². The van der Waals surface area contributed by atoms with Crippen LogP contribution in [-0.4, -0.2) is 12.1 Å². The lowest BCUT2D eigenvalue weighted by molar-refractivity contribution is 0.264. The van der Waals surface area contributed by atoms with E-state index in [9.17, 15) is 0 Å². The lowest BCUT2D eigenvalue weighted by Crippen LogP contribution is -2.40. The van der Waals surface area contributed by atoms with Crippen molar-refractivity contribution in [2.75, 3.05) is 6.61 Å². The molecule has 0 amide bonds. The first kappa shape index (κ1) is 13.5. The van der Waals surface area contributed by atoms with E-state index in [0.717, 1.165) is 5.75 Å². The molecule has 0 heterocycles. The van der Waals surface area contributed by atoms with Crippen molar-refractivity contribution in [3.8, 4) is 11.8 Å². The van der Waals surface area contributed by atoms with Crippen LogP contribution in [0.15, 0.2) is 24.3 Å². The molecule has 2 N–H and O–H groups in total. The fourth-order valence-corrected chi connectivity index (χ4v) is 1.32. The highest BCUT2D eigenvalue weighted by atomic mass is 16.5. The van der Waals surface area contributed by atoms with Crippen molar-refractivity contribution < 1.29 is 4.74 Å². The van der Waals surface area contributed by atoms with Crippen molar-refractivity contribution in [2.45, 2.75) is 38.6 Å². The van der Waals surface area contributed by atoms with Crippen LogP contribution in [0.4, 0.5) is 0 Å². The zero-order chi connectivity index (χ0) is 13.1. The van der Waals surface area contributed by atoms with Gasteiger partial charge in [-0.25, -0.2) is 0 Å². The van der Waals surface area contributed by atoms with Crippen molar-refractivity contribution in [3.05, 3.63) is 29.8 Å². The topological polar surface area (TPSA) is 59.0 Å². The predicted molar refractivity (Wildman–Crippen MR) is 68.8 cm³/mol. The van der Waals surface area contributed by atoms with Gasteiger partial charge in [0.25, 0.3) is 0 Å². The number of nitrogens with zero attached hydrogens (tertiary/aromatic N) is 1. The third-order valence-electron chi connectivity index (χ3n) is 2.49. The molecule has 1 rings (SSSR count). The molecule has 0 saturated carbocycles. The van der Waals surface area contributed by atoms with Gasteiger partial charge >= 0.3 is 0 Å². The number of nitriles is 1. The molecule has 3 heteroatoms. The molecule has 1 unspecified atom stereocenters. The maximum Gasteiger partial charge on any atom is 0.135 e. The van der Waals surface area contributed by atoms with Gasteiger partial charge in [-0.3, -0.25) is 0 Å². The minimum Gasteiger partial charge on any atom is -0.491 e. The van der Waals surface area contributed by atoms with Gasteiger partial charge in [0.2, 0.25) is 0 Å². The minimum absolute atomic E-state index is 0.0839. The first-order valence-corrected chi connectivity index (χ1v) is 5.68. The highest BCUT2D eigenvalue weighted by Crippen LogP contribution is 2.25. The van der Waals surface area contributed by atoms with Crippen LogP contribution >= 0.6 is 0 Å². The molecule has 0 aliphatic rings. The number of rotatable bonds is 3. The number of nitrogens with two attached hydrogens (primary N) is 1. The number of hydrogen-bond donors (Lipinski definition) is 1. The molecule has 1 atom stereocenters. The van der Waals surface area contributed by atoms with Gasteiger partial charge in [0, 0.05) is 0 Å². The Kier molecular flexibility index (Phi) is 3.79. The van der Waals surface area contributed by atoms with E-state index in [4.69, 9.17) is 15.7 Å². The summed E-state index contributed by atoms with van der Waals surface area (Å²) in [5.41, 5.74) is 6.04. The minimum atomic E-state index is -0.947. The molecule has 0 fully saturated rings. The third kappa shape index (κ3) is 4.08. The van der Waals surface area contributed by atoms with Crippen LogP contribution in [0.2, 0.25) is 0 Å². The fourth-order valence-electron chi connectivity index (χ4n) is 1.32. The molecule has 0 spiro atoms. The first-order valence-electron chi connectivity index (χ1n) is 5.68. The average Bonchev–Trinajstić information content (AvgIpc) is 2.26. The molecule has 17 heavy (non-hydrogen) atoms. The van der Waals surface area contributed by atoms with Gasteiger partial charge in [-0.1, -0.05) is 32.9 Å². The molecule has 1 aromatic rings. The molecule has 0 saturated heterocycles. The van der Waals surface area contributed by atoms with Crippen molar-refractivity contribution in [3.63, 3.8) is 0 Å². The summed E-state index contributed by atoms with van der Waals surface area (Å²) < 4.78 is 5.55. The Bertz CT molecular complexity index is 425. The monoisotopic (exact) mass is 232 g/mol. The molecule has 0 aliphatic heterocycles. The van der Waals surface area contributed by atoms with E-state index in [0.29, 0.717) is 0 Å². The molecule has 1 aromatic carbocycles. The Morgan fingerprint density at radius 3 is 2.47 bits per heavy atom. The van der Waals surface area contributed by atoms with Gasteiger partial charge < -0.3 is 10.5 Å². The van der Waals surface area contributed by atoms with Crippen LogP contribution in [0.5, 0.6) is 5.75 Å². The second-order valence-electron chi connectivity index (χ2n) is 5.60. The van der Waals surface area contributed by atoms with Crippen molar-refractivity contribution in [1.82, 2.24) is 0 Å². The number of ether oxygens (including phenoxy) is 1.